The smallest absolute Gasteiger partial charge is 0.0644 e. The first kappa shape index (κ1) is 14.8. The van der Waals surface area contributed by atoms with Gasteiger partial charge in [-0.3, -0.25) is 0 Å². The molecular formula is C20H23Br. The number of benzene rings is 2. The zero-order chi connectivity index (χ0) is 15.0. The van der Waals surface area contributed by atoms with E-state index in [0.29, 0.717) is 0 Å². The van der Waals surface area contributed by atoms with E-state index in [4.69, 9.17) is 0 Å². The fourth-order valence-corrected chi connectivity index (χ4v) is 3.68. The van der Waals surface area contributed by atoms with Gasteiger partial charge in [-0.1, -0.05) is 79.2 Å². The zero-order valence-electron chi connectivity index (χ0n) is 13.1. The number of hydrogen-bond donors (Lipinski definition) is 0. The van der Waals surface area contributed by atoms with Crippen LogP contribution in [0.4, 0.5) is 0 Å². The maximum Gasteiger partial charge on any atom is 0.0644 e. The quantitative estimate of drug-likeness (QED) is 0.591. The van der Waals surface area contributed by atoms with Crippen LogP contribution in [0.3, 0.4) is 0 Å². The summed E-state index contributed by atoms with van der Waals surface area (Å²) in [6.07, 6.45) is 3.81. The Kier molecular flexibility index (Phi) is 3.96. The Hall–Kier alpha value is -1.08. The Morgan fingerprint density at radius 3 is 2.14 bits per heavy atom. The molecule has 1 aliphatic carbocycles. The van der Waals surface area contributed by atoms with Crippen molar-refractivity contribution in [3.63, 3.8) is 0 Å². The van der Waals surface area contributed by atoms with Gasteiger partial charge >= 0.3 is 0 Å². The van der Waals surface area contributed by atoms with E-state index in [1.807, 2.05) is 0 Å². The molecule has 1 heteroatoms. The van der Waals surface area contributed by atoms with Crippen LogP contribution in [0.2, 0.25) is 0 Å². The number of aryl methyl sites for hydroxylation is 2. The normalized spacial score (nSPS) is 15.8. The fraction of sp³-hybridized carbons (Fsp3) is 0.400. The van der Waals surface area contributed by atoms with E-state index in [0.717, 1.165) is 0 Å². The highest BCUT2D eigenvalue weighted by atomic mass is 79.9. The van der Waals surface area contributed by atoms with Gasteiger partial charge in [0.05, 0.1) is 4.83 Å². The number of rotatable bonds is 2. The molecule has 1 aliphatic rings. The summed E-state index contributed by atoms with van der Waals surface area (Å²) in [5, 5.41) is 0. The molecule has 1 atom stereocenters. The van der Waals surface area contributed by atoms with Gasteiger partial charge < -0.3 is 0 Å². The molecule has 0 spiro atoms. The first-order chi connectivity index (χ1) is 9.95. The van der Waals surface area contributed by atoms with Crippen LogP contribution in [0.1, 0.15) is 59.8 Å². The van der Waals surface area contributed by atoms with Crippen molar-refractivity contribution in [3.05, 3.63) is 70.3 Å². The summed E-state index contributed by atoms with van der Waals surface area (Å²) in [6.45, 7) is 6.77. The molecule has 0 nitrogen and oxygen atoms in total. The van der Waals surface area contributed by atoms with Crippen LogP contribution in [0.15, 0.2) is 42.5 Å². The SMILES string of the molecule is CC(C)(C)c1ccc(C(Br)c2ccc3c(c2)CCC3)cc1. The second-order valence-corrected chi connectivity index (χ2v) is 8.03. The third-order valence-electron chi connectivity index (χ3n) is 4.48. The van der Waals surface area contributed by atoms with Crippen LogP contribution < -0.4 is 0 Å². The number of fused-ring (bicyclic) bond motifs is 1. The molecule has 3 rings (SSSR count). The summed E-state index contributed by atoms with van der Waals surface area (Å²) in [5.41, 5.74) is 7.40. The standard InChI is InChI=1S/C20H23Br/c1-20(2,3)18-11-9-15(10-12-18)19(21)17-8-7-14-5-4-6-16(14)13-17/h7-13,19H,4-6H2,1-3H3. The van der Waals surface area contributed by atoms with Gasteiger partial charge in [0.2, 0.25) is 0 Å². The van der Waals surface area contributed by atoms with E-state index in [9.17, 15) is 0 Å². The fourth-order valence-electron chi connectivity index (χ4n) is 3.09. The second-order valence-electron chi connectivity index (χ2n) is 7.12. The molecule has 1 unspecified atom stereocenters. The van der Waals surface area contributed by atoms with E-state index in [-0.39, 0.29) is 10.2 Å². The van der Waals surface area contributed by atoms with Gasteiger partial charge in [0.25, 0.3) is 0 Å². The van der Waals surface area contributed by atoms with Gasteiger partial charge in [-0.15, -0.1) is 0 Å². The minimum atomic E-state index is 0.216. The highest BCUT2D eigenvalue weighted by Crippen LogP contribution is 2.34. The molecule has 0 N–H and O–H groups in total. The van der Waals surface area contributed by atoms with Crippen LogP contribution in [-0.4, -0.2) is 0 Å². The average molecular weight is 343 g/mol. The van der Waals surface area contributed by atoms with Gasteiger partial charge in [-0.05, 0) is 52.5 Å². The highest BCUT2D eigenvalue weighted by molar-refractivity contribution is 9.09. The van der Waals surface area contributed by atoms with Crippen LogP contribution in [-0.2, 0) is 18.3 Å². The molecule has 2 aromatic carbocycles. The van der Waals surface area contributed by atoms with Crippen molar-refractivity contribution in [2.45, 2.75) is 50.3 Å². The molecule has 0 bridgehead atoms. The van der Waals surface area contributed by atoms with Crippen LogP contribution in [0, 0.1) is 0 Å². The summed E-state index contributed by atoms with van der Waals surface area (Å²) in [6, 6.07) is 16.0. The molecular weight excluding hydrogens is 320 g/mol. The van der Waals surface area contributed by atoms with Crippen molar-refractivity contribution in [1.29, 1.82) is 0 Å². The van der Waals surface area contributed by atoms with Crippen LogP contribution >= 0.6 is 15.9 Å². The molecule has 110 valence electrons. The molecule has 0 heterocycles. The van der Waals surface area contributed by atoms with Gasteiger partial charge in [0.15, 0.2) is 0 Å². The van der Waals surface area contributed by atoms with Crippen LogP contribution in [0.5, 0.6) is 0 Å². The van der Waals surface area contributed by atoms with Gasteiger partial charge in [0, 0.05) is 0 Å². The Bertz CT molecular complexity index is 632. The second kappa shape index (κ2) is 5.61. The maximum atomic E-state index is 3.88. The van der Waals surface area contributed by atoms with Crippen molar-refractivity contribution < 1.29 is 0 Å². The van der Waals surface area contributed by atoms with E-state index in [2.05, 4.69) is 79.2 Å². The van der Waals surface area contributed by atoms with Gasteiger partial charge in [0.1, 0.15) is 0 Å². The average Bonchev–Trinajstić information content (AvgIpc) is 2.93. The number of halogens is 1. The molecule has 0 amide bonds. The summed E-state index contributed by atoms with van der Waals surface area (Å²) < 4.78 is 0. The first-order valence-electron chi connectivity index (χ1n) is 7.81. The maximum absolute atomic E-state index is 3.88. The minimum Gasteiger partial charge on any atom is -0.0786 e. The Balaban J connectivity index is 1.86. The Morgan fingerprint density at radius 2 is 1.48 bits per heavy atom. The summed E-state index contributed by atoms with van der Waals surface area (Å²) in [4.78, 5) is 0.289. The van der Waals surface area contributed by atoms with E-state index in [1.54, 1.807) is 11.1 Å². The number of alkyl halides is 1. The predicted molar refractivity (Wildman–Crippen MR) is 94.4 cm³/mol. The Morgan fingerprint density at radius 1 is 0.857 bits per heavy atom. The molecule has 0 saturated heterocycles. The summed E-state index contributed by atoms with van der Waals surface area (Å²) in [7, 11) is 0. The zero-order valence-corrected chi connectivity index (χ0v) is 14.7. The van der Waals surface area contributed by atoms with Crippen molar-refractivity contribution in [3.8, 4) is 0 Å². The lowest BCUT2D eigenvalue weighted by molar-refractivity contribution is 0.590. The topological polar surface area (TPSA) is 0 Å². The van der Waals surface area contributed by atoms with E-state index in [1.165, 1.54) is 36.0 Å². The van der Waals surface area contributed by atoms with Gasteiger partial charge in [-0.2, -0.15) is 0 Å². The molecule has 0 fully saturated rings. The molecule has 0 radical (unpaired) electrons. The summed E-state index contributed by atoms with van der Waals surface area (Å²) in [5.74, 6) is 0. The first-order valence-corrected chi connectivity index (χ1v) is 8.73. The molecule has 2 aromatic rings. The van der Waals surface area contributed by atoms with Crippen molar-refractivity contribution in [1.82, 2.24) is 0 Å². The lowest BCUT2D eigenvalue weighted by Crippen LogP contribution is -2.10. The number of hydrogen-bond acceptors (Lipinski definition) is 0. The van der Waals surface area contributed by atoms with Crippen molar-refractivity contribution >= 4 is 15.9 Å². The molecule has 21 heavy (non-hydrogen) atoms. The van der Waals surface area contributed by atoms with Gasteiger partial charge in [-0.25, -0.2) is 0 Å². The van der Waals surface area contributed by atoms with E-state index < -0.39 is 0 Å². The lowest BCUT2D eigenvalue weighted by Gasteiger charge is -2.20. The monoisotopic (exact) mass is 342 g/mol. The van der Waals surface area contributed by atoms with Crippen molar-refractivity contribution in [2.24, 2.45) is 0 Å². The predicted octanol–water partition coefficient (Wildman–Crippen LogP) is 5.96. The Labute approximate surface area is 136 Å². The van der Waals surface area contributed by atoms with Crippen LogP contribution in [0.25, 0.3) is 0 Å². The molecule has 0 aromatic heterocycles. The van der Waals surface area contributed by atoms with Crippen molar-refractivity contribution in [2.75, 3.05) is 0 Å². The minimum absolute atomic E-state index is 0.216. The largest absolute Gasteiger partial charge is 0.0786 e. The molecule has 0 aliphatic heterocycles. The lowest BCUT2D eigenvalue weighted by atomic mass is 9.86. The third kappa shape index (κ3) is 3.08. The third-order valence-corrected chi connectivity index (χ3v) is 5.54. The highest BCUT2D eigenvalue weighted by Gasteiger charge is 2.17. The molecule has 0 saturated carbocycles. The van der Waals surface area contributed by atoms with E-state index >= 15 is 0 Å². The summed E-state index contributed by atoms with van der Waals surface area (Å²) >= 11 is 3.88.